The van der Waals surface area contributed by atoms with Crippen LogP contribution in [0.2, 0.25) is 0 Å². The fourth-order valence-electron chi connectivity index (χ4n) is 3.45. The van der Waals surface area contributed by atoms with Crippen LogP contribution in [0.25, 0.3) is 33.4 Å². The maximum absolute atomic E-state index is 12.2. The Morgan fingerprint density at radius 2 is 2.04 bits per heavy atom. The van der Waals surface area contributed by atoms with E-state index >= 15 is 0 Å². The zero-order valence-electron chi connectivity index (χ0n) is 15.1. The van der Waals surface area contributed by atoms with E-state index in [0.717, 1.165) is 44.7 Å². The van der Waals surface area contributed by atoms with E-state index in [4.69, 9.17) is 0 Å². The molecule has 128 valence electrons. The number of hydrogen-bond acceptors (Lipinski definition) is 3. The Labute approximate surface area is 144 Å². The summed E-state index contributed by atoms with van der Waals surface area (Å²) < 4.78 is 2.04. The van der Waals surface area contributed by atoms with Crippen LogP contribution in [0.4, 0.5) is 0 Å². The van der Waals surface area contributed by atoms with Crippen molar-refractivity contribution in [2.24, 2.45) is 0 Å². The lowest BCUT2D eigenvalue weighted by Crippen LogP contribution is -2.03. The Balaban J connectivity index is 2.10. The third-order valence-electron chi connectivity index (χ3n) is 4.63. The summed E-state index contributed by atoms with van der Waals surface area (Å²) in [5.74, 6) is 0. The molecule has 1 aromatic carbocycles. The van der Waals surface area contributed by atoms with E-state index in [0.29, 0.717) is 5.52 Å². The summed E-state index contributed by atoms with van der Waals surface area (Å²) in [4.78, 5) is 25.7. The quantitative estimate of drug-likeness (QED) is 0.591. The molecule has 0 radical (unpaired) electrons. The summed E-state index contributed by atoms with van der Waals surface area (Å²) >= 11 is 0. The smallest absolute Gasteiger partial charge is 0.206 e. The summed E-state index contributed by atoms with van der Waals surface area (Å²) in [6, 6.07) is 3.44. The number of benzene rings is 1. The number of aromatic nitrogens is 4. The molecule has 0 aliphatic heterocycles. The fraction of sp³-hybridized carbons (Fsp3) is 0.263. The third kappa shape index (κ3) is 2.17. The number of nitrogens with zero attached hydrogens (tertiary/aromatic N) is 3. The average molecular weight is 335 g/mol. The molecule has 0 saturated heterocycles. The minimum Gasteiger partial charge on any atom is -0.383 e. The van der Waals surface area contributed by atoms with Gasteiger partial charge in [-0.15, -0.1) is 0 Å². The topological polar surface area (TPSA) is 69.2 Å². The minimum atomic E-state index is -0.0396. The molecule has 2 N–H and O–H groups in total. The molecule has 0 bridgehead atoms. The molecule has 25 heavy (non-hydrogen) atoms. The van der Waals surface area contributed by atoms with Gasteiger partial charge in [0.05, 0.1) is 16.7 Å². The molecule has 6 heteroatoms. The van der Waals surface area contributed by atoms with Gasteiger partial charge in [0.15, 0.2) is 0 Å². The van der Waals surface area contributed by atoms with Gasteiger partial charge >= 0.3 is 0 Å². The number of imidazole rings is 1. The maximum atomic E-state index is 12.2. The van der Waals surface area contributed by atoms with Crippen LogP contribution in [0.3, 0.4) is 0 Å². The Morgan fingerprint density at radius 1 is 1.28 bits per heavy atom. The molecular weight excluding hydrogens is 314 g/mol. The van der Waals surface area contributed by atoms with Gasteiger partial charge in [-0.2, -0.15) is 0 Å². The zero-order valence-corrected chi connectivity index (χ0v) is 15.1. The summed E-state index contributed by atoms with van der Waals surface area (Å²) in [6.07, 6.45) is 4.02. The molecule has 6 nitrogen and oxygen atoms in total. The molecule has 3 heterocycles. The molecule has 0 atom stereocenters. The van der Waals surface area contributed by atoms with Crippen molar-refractivity contribution in [3.8, 4) is 0 Å². The number of hydrogen-bond donors (Lipinski definition) is 2. The second kappa shape index (κ2) is 5.24. The second-order valence-corrected chi connectivity index (χ2v) is 6.80. The van der Waals surface area contributed by atoms with Gasteiger partial charge in [-0.1, -0.05) is 6.07 Å². The van der Waals surface area contributed by atoms with Crippen molar-refractivity contribution in [3.63, 3.8) is 0 Å². The van der Waals surface area contributed by atoms with Crippen molar-refractivity contribution in [3.05, 3.63) is 51.6 Å². The average Bonchev–Trinajstić information content (AvgIpc) is 3.08. The van der Waals surface area contributed by atoms with Crippen molar-refractivity contribution >= 4 is 33.4 Å². The molecule has 3 aromatic heterocycles. The lowest BCUT2D eigenvalue weighted by Gasteiger charge is -2.09. The highest BCUT2D eigenvalue weighted by Gasteiger charge is 2.18. The first-order chi connectivity index (χ1) is 11.9. The molecule has 0 aliphatic rings. The largest absolute Gasteiger partial charge is 0.383 e. The van der Waals surface area contributed by atoms with E-state index in [9.17, 15) is 4.79 Å². The van der Waals surface area contributed by atoms with Gasteiger partial charge in [0.25, 0.3) is 0 Å². The van der Waals surface area contributed by atoms with Gasteiger partial charge in [0, 0.05) is 32.1 Å². The van der Waals surface area contributed by atoms with Gasteiger partial charge < -0.3 is 14.9 Å². The molecule has 0 amide bonds. The predicted octanol–water partition coefficient (Wildman–Crippen LogP) is 3.20. The summed E-state index contributed by atoms with van der Waals surface area (Å²) in [7, 11) is 4.01. The predicted molar refractivity (Wildman–Crippen MR) is 102 cm³/mol. The first kappa shape index (κ1) is 15.5. The Hall–Kier alpha value is -3.02. The maximum Gasteiger partial charge on any atom is 0.206 e. The van der Waals surface area contributed by atoms with Gasteiger partial charge in [0.1, 0.15) is 16.8 Å². The Kier molecular flexibility index (Phi) is 3.25. The molecule has 0 unspecified atom stereocenters. The summed E-state index contributed by atoms with van der Waals surface area (Å²) in [6.45, 7) is 6.10. The molecule has 0 aliphatic carbocycles. The van der Waals surface area contributed by atoms with Crippen LogP contribution in [0.5, 0.6) is 0 Å². The van der Waals surface area contributed by atoms with E-state index in [1.807, 2.05) is 49.5 Å². The van der Waals surface area contributed by atoms with E-state index in [1.165, 1.54) is 0 Å². The first-order valence-electron chi connectivity index (χ1n) is 8.25. The lowest BCUT2D eigenvalue weighted by atomic mass is 10.2. The second-order valence-electron chi connectivity index (χ2n) is 6.80. The van der Waals surface area contributed by atoms with Gasteiger partial charge in [0.2, 0.25) is 5.43 Å². The van der Waals surface area contributed by atoms with Crippen LogP contribution < -0.4 is 5.43 Å². The zero-order chi connectivity index (χ0) is 17.9. The molecule has 4 rings (SSSR count). The molecule has 0 fully saturated rings. The van der Waals surface area contributed by atoms with Crippen molar-refractivity contribution in [2.75, 3.05) is 14.1 Å². The normalized spacial score (nSPS) is 12.6. The van der Waals surface area contributed by atoms with Gasteiger partial charge in [-0.05, 0) is 38.0 Å². The number of H-pyrrole nitrogens is 2. The first-order valence-corrected chi connectivity index (χ1v) is 8.25. The van der Waals surface area contributed by atoms with Gasteiger partial charge in [-0.25, -0.2) is 4.98 Å². The Bertz CT molecular complexity index is 1220. The molecule has 4 aromatic rings. The fourth-order valence-corrected chi connectivity index (χ4v) is 3.45. The molecule has 0 saturated carbocycles. The van der Waals surface area contributed by atoms with Crippen LogP contribution in [0.1, 0.15) is 23.7 Å². The number of fused-ring (bicyclic) bond motifs is 5. The standard InChI is InChI=1S/C19H21N5O/c1-10-6-7-14(25)16-17(10)24-18(22-16)12(3)15-19(24)20-8-13(21-15)11(2)9-23(4)5/h6-9,20-21H,1-5H3/b11-9+. The SMILES string of the molecule is C/C(=C\N(C)C)c1c[nH]c2c([nH]1)c(C)c1nc3c(=O)ccc(C)c3n12. The summed E-state index contributed by atoms with van der Waals surface area (Å²) in [5, 5.41) is 0. The van der Waals surface area contributed by atoms with E-state index in [-0.39, 0.29) is 5.43 Å². The monoisotopic (exact) mass is 335 g/mol. The van der Waals surface area contributed by atoms with Crippen LogP contribution in [-0.2, 0) is 0 Å². The number of aromatic amines is 2. The van der Waals surface area contributed by atoms with Crippen molar-refractivity contribution in [2.45, 2.75) is 20.8 Å². The summed E-state index contributed by atoms with van der Waals surface area (Å²) in [5.41, 5.74) is 8.31. The molecule has 0 spiro atoms. The van der Waals surface area contributed by atoms with Crippen LogP contribution in [-0.4, -0.2) is 38.3 Å². The van der Waals surface area contributed by atoms with Gasteiger partial charge in [-0.3, -0.25) is 9.20 Å². The van der Waals surface area contributed by atoms with Crippen LogP contribution >= 0.6 is 0 Å². The third-order valence-corrected chi connectivity index (χ3v) is 4.63. The number of nitrogens with one attached hydrogen (secondary N) is 2. The Morgan fingerprint density at radius 3 is 2.76 bits per heavy atom. The van der Waals surface area contributed by atoms with Crippen LogP contribution in [0.15, 0.2) is 29.3 Å². The number of aryl methyl sites for hydroxylation is 2. The number of allylic oxidation sites excluding steroid dienone is 1. The van der Waals surface area contributed by atoms with E-state index in [1.54, 1.807) is 6.07 Å². The number of rotatable bonds is 2. The highest BCUT2D eigenvalue weighted by atomic mass is 16.1. The van der Waals surface area contributed by atoms with Crippen LogP contribution in [0, 0.1) is 13.8 Å². The van der Waals surface area contributed by atoms with Crippen molar-refractivity contribution < 1.29 is 0 Å². The van der Waals surface area contributed by atoms with Crippen molar-refractivity contribution in [1.82, 2.24) is 24.3 Å². The molecular formula is C19H21N5O. The highest BCUT2D eigenvalue weighted by Crippen LogP contribution is 2.28. The lowest BCUT2D eigenvalue weighted by molar-refractivity contribution is 0.565. The van der Waals surface area contributed by atoms with E-state index < -0.39 is 0 Å². The highest BCUT2D eigenvalue weighted by molar-refractivity contribution is 5.95. The van der Waals surface area contributed by atoms with Crippen molar-refractivity contribution in [1.29, 1.82) is 0 Å². The van der Waals surface area contributed by atoms with E-state index in [2.05, 4.69) is 28.1 Å². The minimum absolute atomic E-state index is 0.0396.